The molecular weight excluding hydrogens is 219 g/mol. The van der Waals surface area contributed by atoms with Crippen LogP contribution < -0.4 is 11.1 Å². The van der Waals surface area contributed by atoms with Gasteiger partial charge in [0.15, 0.2) is 0 Å². The van der Waals surface area contributed by atoms with Crippen molar-refractivity contribution < 1.29 is 0 Å². The first kappa shape index (κ1) is 11.2. The maximum atomic E-state index is 5.88. The number of rotatable bonds is 3. The molecule has 0 fully saturated rings. The van der Waals surface area contributed by atoms with Crippen LogP contribution >= 0.6 is 23.2 Å². The van der Waals surface area contributed by atoms with Gasteiger partial charge in [-0.3, -0.25) is 0 Å². The van der Waals surface area contributed by atoms with E-state index in [-0.39, 0.29) is 0 Å². The first-order chi connectivity index (χ1) is 6.50. The predicted octanol–water partition coefficient (Wildman–Crippen LogP) is 3.40. The van der Waals surface area contributed by atoms with Gasteiger partial charge >= 0.3 is 0 Å². The highest BCUT2D eigenvalue weighted by molar-refractivity contribution is 6.33. The summed E-state index contributed by atoms with van der Waals surface area (Å²) in [5, 5.41) is 4.20. The van der Waals surface area contributed by atoms with Crippen molar-refractivity contribution in [1.29, 1.82) is 0 Å². The van der Waals surface area contributed by atoms with E-state index >= 15 is 0 Å². The van der Waals surface area contributed by atoms with E-state index in [1.54, 1.807) is 6.07 Å². The second-order valence-corrected chi connectivity index (χ2v) is 4.00. The Labute approximate surface area is 93.7 Å². The molecule has 0 radical (unpaired) electrons. The molecule has 0 atom stereocenters. The number of anilines is 2. The van der Waals surface area contributed by atoms with Crippen LogP contribution in [0.25, 0.3) is 0 Å². The molecular formula is C10H12Cl2N2. The average molecular weight is 231 g/mol. The minimum Gasteiger partial charge on any atom is -0.398 e. The fraction of sp³-hybridized carbons (Fsp3) is 0.200. The van der Waals surface area contributed by atoms with E-state index in [2.05, 4.69) is 11.9 Å². The van der Waals surface area contributed by atoms with Gasteiger partial charge in [0.25, 0.3) is 0 Å². The van der Waals surface area contributed by atoms with Crippen molar-refractivity contribution in [2.45, 2.75) is 6.92 Å². The van der Waals surface area contributed by atoms with Gasteiger partial charge in [-0.25, -0.2) is 0 Å². The number of halogens is 2. The number of hydrogen-bond acceptors (Lipinski definition) is 2. The third-order valence-corrected chi connectivity index (χ3v) is 2.28. The van der Waals surface area contributed by atoms with Crippen LogP contribution in [0, 0.1) is 6.92 Å². The predicted molar refractivity (Wildman–Crippen MR) is 64.1 cm³/mol. The fourth-order valence-corrected chi connectivity index (χ4v) is 1.32. The summed E-state index contributed by atoms with van der Waals surface area (Å²) in [6.45, 7) is 6.05. The van der Waals surface area contributed by atoms with Crippen LogP contribution in [0.15, 0.2) is 23.7 Å². The van der Waals surface area contributed by atoms with E-state index in [9.17, 15) is 0 Å². The van der Waals surface area contributed by atoms with Crippen LogP contribution in [0.3, 0.4) is 0 Å². The Bertz CT molecular complexity index is 361. The highest BCUT2D eigenvalue weighted by Crippen LogP contribution is 2.26. The van der Waals surface area contributed by atoms with E-state index in [1.165, 1.54) is 0 Å². The van der Waals surface area contributed by atoms with E-state index in [0.717, 1.165) is 11.3 Å². The van der Waals surface area contributed by atoms with Gasteiger partial charge < -0.3 is 11.1 Å². The van der Waals surface area contributed by atoms with Crippen LogP contribution in [0.2, 0.25) is 5.02 Å². The summed E-state index contributed by atoms with van der Waals surface area (Å²) < 4.78 is 0. The number of benzene rings is 1. The molecule has 4 heteroatoms. The second kappa shape index (κ2) is 4.58. The zero-order valence-corrected chi connectivity index (χ0v) is 9.41. The van der Waals surface area contributed by atoms with E-state index in [4.69, 9.17) is 28.9 Å². The molecule has 0 saturated carbocycles. The van der Waals surface area contributed by atoms with Crippen molar-refractivity contribution in [3.05, 3.63) is 34.3 Å². The zero-order chi connectivity index (χ0) is 10.7. The molecule has 0 saturated heterocycles. The summed E-state index contributed by atoms with van der Waals surface area (Å²) in [6, 6.07) is 3.60. The number of hydrogen-bond donors (Lipinski definition) is 2. The van der Waals surface area contributed by atoms with Gasteiger partial charge in [0.2, 0.25) is 0 Å². The molecule has 3 N–H and O–H groups in total. The molecule has 1 aromatic carbocycles. The number of nitrogen functional groups attached to an aromatic ring is 1. The molecule has 1 aromatic rings. The summed E-state index contributed by atoms with van der Waals surface area (Å²) in [6.07, 6.45) is 0. The number of nitrogens with one attached hydrogen (secondary N) is 1. The lowest BCUT2D eigenvalue weighted by molar-refractivity contribution is 1.29. The summed E-state index contributed by atoms with van der Waals surface area (Å²) in [4.78, 5) is 0. The monoisotopic (exact) mass is 230 g/mol. The number of aryl methyl sites for hydroxylation is 1. The molecule has 0 aliphatic heterocycles. The highest BCUT2D eigenvalue weighted by atomic mass is 35.5. The van der Waals surface area contributed by atoms with Crippen molar-refractivity contribution >= 4 is 34.6 Å². The van der Waals surface area contributed by atoms with Crippen molar-refractivity contribution in [1.82, 2.24) is 0 Å². The minimum atomic E-state index is 0.517. The molecule has 0 bridgehead atoms. The lowest BCUT2D eigenvalue weighted by atomic mass is 10.2. The smallest absolute Gasteiger partial charge is 0.0656 e. The summed E-state index contributed by atoms with van der Waals surface area (Å²) in [5.41, 5.74) is 8.18. The lowest BCUT2D eigenvalue weighted by Crippen LogP contribution is -2.03. The second-order valence-electron chi connectivity index (χ2n) is 3.06. The summed E-state index contributed by atoms with van der Waals surface area (Å²) in [5.74, 6) is 0. The Morgan fingerprint density at radius 2 is 2.21 bits per heavy atom. The van der Waals surface area contributed by atoms with Crippen LogP contribution in [-0.4, -0.2) is 6.54 Å². The Kier molecular flexibility index (Phi) is 3.67. The molecule has 1 rings (SSSR count). The van der Waals surface area contributed by atoms with Gasteiger partial charge in [-0.15, -0.1) is 0 Å². The van der Waals surface area contributed by atoms with Gasteiger partial charge in [-0.05, 0) is 24.6 Å². The van der Waals surface area contributed by atoms with Crippen LogP contribution in [0.4, 0.5) is 11.4 Å². The van der Waals surface area contributed by atoms with Crippen molar-refractivity contribution in [2.75, 3.05) is 17.6 Å². The Hall–Kier alpha value is -0.860. The third-order valence-electron chi connectivity index (χ3n) is 1.81. The van der Waals surface area contributed by atoms with Crippen LogP contribution in [0.1, 0.15) is 5.56 Å². The first-order valence-corrected chi connectivity index (χ1v) is 4.89. The van der Waals surface area contributed by atoms with Gasteiger partial charge in [0, 0.05) is 10.7 Å². The van der Waals surface area contributed by atoms with Crippen molar-refractivity contribution in [3.8, 4) is 0 Å². The molecule has 0 aromatic heterocycles. The molecule has 0 aliphatic carbocycles. The maximum Gasteiger partial charge on any atom is 0.0656 e. The summed E-state index contributed by atoms with van der Waals surface area (Å²) in [7, 11) is 0. The van der Waals surface area contributed by atoms with E-state index < -0.39 is 0 Å². The molecule has 2 nitrogen and oxygen atoms in total. The molecule has 14 heavy (non-hydrogen) atoms. The SMILES string of the molecule is C=C(Cl)CNc1cc(Cl)c(N)cc1C. The van der Waals surface area contributed by atoms with E-state index in [1.807, 2.05) is 13.0 Å². The first-order valence-electron chi connectivity index (χ1n) is 4.13. The Balaban J connectivity index is 2.87. The average Bonchev–Trinajstić information content (AvgIpc) is 2.09. The fourth-order valence-electron chi connectivity index (χ4n) is 1.09. The van der Waals surface area contributed by atoms with Crippen LogP contribution in [-0.2, 0) is 0 Å². The molecule has 0 heterocycles. The maximum absolute atomic E-state index is 5.88. The van der Waals surface area contributed by atoms with E-state index in [0.29, 0.717) is 22.3 Å². The quantitative estimate of drug-likeness (QED) is 0.782. The lowest BCUT2D eigenvalue weighted by Gasteiger charge is -2.10. The van der Waals surface area contributed by atoms with Crippen LogP contribution in [0.5, 0.6) is 0 Å². The van der Waals surface area contributed by atoms with Gasteiger partial charge in [0.1, 0.15) is 0 Å². The Morgan fingerprint density at radius 3 is 2.79 bits per heavy atom. The van der Waals surface area contributed by atoms with Gasteiger partial charge in [-0.1, -0.05) is 29.8 Å². The molecule has 76 valence electrons. The largest absolute Gasteiger partial charge is 0.398 e. The normalized spacial score (nSPS) is 9.93. The van der Waals surface area contributed by atoms with Gasteiger partial charge in [0.05, 0.1) is 17.3 Å². The molecule has 0 amide bonds. The number of nitrogens with two attached hydrogens (primary N) is 1. The zero-order valence-electron chi connectivity index (χ0n) is 7.90. The van der Waals surface area contributed by atoms with Crippen molar-refractivity contribution in [2.24, 2.45) is 0 Å². The highest BCUT2D eigenvalue weighted by Gasteiger charge is 2.02. The topological polar surface area (TPSA) is 38.0 Å². The molecule has 0 spiro atoms. The Morgan fingerprint density at radius 1 is 1.57 bits per heavy atom. The minimum absolute atomic E-state index is 0.517. The molecule has 0 aliphatic rings. The standard InChI is InChI=1S/C10H12Cl2N2/c1-6-3-9(13)8(12)4-10(6)14-5-7(2)11/h3-4,14H,2,5,13H2,1H3. The van der Waals surface area contributed by atoms with Crippen molar-refractivity contribution in [3.63, 3.8) is 0 Å². The summed E-state index contributed by atoms with van der Waals surface area (Å²) >= 11 is 11.5. The molecule has 0 unspecified atom stereocenters. The third kappa shape index (κ3) is 2.82. The van der Waals surface area contributed by atoms with Gasteiger partial charge in [-0.2, -0.15) is 0 Å².